The van der Waals surface area contributed by atoms with Crippen LogP contribution in [-0.4, -0.2) is 53.5 Å². The fourth-order valence-electron chi connectivity index (χ4n) is 4.94. The Bertz CT molecular complexity index is 775. The quantitative estimate of drug-likeness (QED) is 0.754. The van der Waals surface area contributed by atoms with E-state index in [1.54, 1.807) is 6.92 Å². The van der Waals surface area contributed by atoms with E-state index in [1.807, 2.05) is 47.6 Å². The van der Waals surface area contributed by atoms with E-state index < -0.39 is 0 Å². The summed E-state index contributed by atoms with van der Waals surface area (Å²) in [5, 5.41) is 0. The van der Waals surface area contributed by atoms with Crippen LogP contribution < -0.4 is 4.74 Å². The summed E-state index contributed by atoms with van der Waals surface area (Å²) >= 11 is 0. The van der Waals surface area contributed by atoms with Gasteiger partial charge in [0.05, 0.1) is 6.61 Å². The van der Waals surface area contributed by atoms with Crippen LogP contribution in [0.4, 0.5) is 0 Å². The molecule has 0 N–H and O–H groups in total. The summed E-state index contributed by atoms with van der Waals surface area (Å²) in [6.45, 7) is 7.37. The maximum absolute atomic E-state index is 11.7. The van der Waals surface area contributed by atoms with Crippen molar-refractivity contribution in [2.75, 3.05) is 32.8 Å². The molecule has 154 valence electrons. The number of aromatic nitrogens is 1. The average Bonchev–Trinajstić information content (AvgIpc) is 3.16. The molecule has 0 aliphatic carbocycles. The van der Waals surface area contributed by atoms with Gasteiger partial charge in [0.2, 0.25) is 5.91 Å². The third-order valence-electron chi connectivity index (χ3n) is 6.52. The summed E-state index contributed by atoms with van der Waals surface area (Å²) in [6.07, 6.45) is 5.96. The van der Waals surface area contributed by atoms with Gasteiger partial charge in [-0.1, -0.05) is 18.2 Å². The van der Waals surface area contributed by atoms with Gasteiger partial charge in [0, 0.05) is 58.0 Å². The predicted octanol–water partition coefficient (Wildman–Crippen LogP) is 3.47. The molecule has 2 aliphatic heterocycles. The van der Waals surface area contributed by atoms with Crippen LogP contribution in [0.3, 0.4) is 0 Å². The van der Waals surface area contributed by atoms with Crippen molar-refractivity contribution in [1.82, 2.24) is 14.8 Å². The molecule has 0 bridgehead atoms. The summed E-state index contributed by atoms with van der Waals surface area (Å²) in [7, 11) is 0. The Labute approximate surface area is 173 Å². The summed E-state index contributed by atoms with van der Waals surface area (Å²) in [4.78, 5) is 20.4. The molecule has 0 saturated carbocycles. The van der Waals surface area contributed by atoms with E-state index in [1.165, 1.54) is 5.56 Å². The van der Waals surface area contributed by atoms with Gasteiger partial charge >= 0.3 is 0 Å². The Hall–Kier alpha value is -2.40. The second-order valence-corrected chi connectivity index (χ2v) is 8.44. The molecule has 1 aromatic carbocycles. The average molecular weight is 394 g/mol. The Kier molecular flexibility index (Phi) is 6.45. The Balaban J connectivity index is 1.41. The Morgan fingerprint density at radius 3 is 2.48 bits per heavy atom. The minimum Gasteiger partial charge on any atom is -0.493 e. The molecule has 0 spiro atoms. The van der Waals surface area contributed by atoms with Crippen molar-refractivity contribution in [1.29, 1.82) is 0 Å². The first-order valence-electron chi connectivity index (χ1n) is 10.7. The highest BCUT2D eigenvalue weighted by atomic mass is 16.5. The van der Waals surface area contributed by atoms with Gasteiger partial charge in [0.15, 0.2) is 0 Å². The van der Waals surface area contributed by atoms with Crippen LogP contribution in [0.15, 0.2) is 54.9 Å². The fourth-order valence-corrected chi connectivity index (χ4v) is 4.94. The van der Waals surface area contributed by atoms with E-state index in [0.29, 0.717) is 17.8 Å². The van der Waals surface area contributed by atoms with Gasteiger partial charge < -0.3 is 9.64 Å². The monoisotopic (exact) mass is 393 g/mol. The number of ether oxygens (including phenoxy) is 1. The number of benzene rings is 1. The number of likely N-dealkylation sites (tertiary alicyclic amines) is 2. The lowest BCUT2D eigenvalue weighted by Gasteiger charge is -2.36. The SMILES string of the molecule is CC(=O)N1CCC(C2CN(Cc3ccncc3)CC2COc2ccccc2)CC1. The zero-order valence-corrected chi connectivity index (χ0v) is 17.2. The van der Waals surface area contributed by atoms with Crippen molar-refractivity contribution in [3.05, 3.63) is 60.4 Å². The molecule has 2 saturated heterocycles. The van der Waals surface area contributed by atoms with E-state index in [9.17, 15) is 4.79 Å². The molecule has 5 nitrogen and oxygen atoms in total. The number of amides is 1. The highest BCUT2D eigenvalue weighted by Crippen LogP contribution is 2.36. The first kappa shape index (κ1) is 19.9. The topological polar surface area (TPSA) is 45.7 Å². The number of carbonyl (C=O) groups is 1. The maximum atomic E-state index is 11.7. The summed E-state index contributed by atoms with van der Waals surface area (Å²) in [6, 6.07) is 14.3. The molecular formula is C24H31N3O2. The molecule has 0 radical (unpaired) electrons. The molecule has 29 heavy (non-hydrogen) atoms. The number of rotatable bonds is 6. The number of piperidine rings is 1. The van der Waals surface area contributed by atoms with E-state index in [-0.39, 0.29) is 5.91 Å². The van der Waals surface area contributed by atoms with Crippen molar-refractivity contribution in [2.45, 2.75) is 26.3 Å². The first-order valence-corrected chi connectivity index (χ1v) is 10.7. The number of para-hydroxylation sites is 1. The molecule has 2 aromatic rings. The van der Waals surface area contributed by atoms with Crippen molar-refractivity contribution >= 4 is 5.91 Å². The molecule has 2 atom stereocenters. The Morgan fingerprint density at radius 2 is 1.79 bits per heavy atom. The van der Waals surface area contributed by atoms with Crippen LogP contribution in [0.2, 0.25) is 0 Å². The van der Waals surface area contributed by atoms with Crippen molar-refractivity contribution in [2.24, 2.45) is 17.8 Å². The first-order chi connectivity index (χ1) is 14.2. The van der Waals surface area contributed by atoms with Gasteiger partial charge in [-0.05, 0) is 54.5 Å². The highest BCUT2D eigenvalue weighted by molar-refractivity contribution is 5.73. The number of hydrogen-bond donors (Lipinski definition) is 0. The molecule has 1 amide bonds. The molecule has 4 rings (SSSR count). The zero-order chi connectivity index (χ0) is 20.1. The minimum absolute atomic E-state index is 0.207. The number of pyridine rings is 1. The molecule has 3 heterocycles. The lowest BCUT2D eigenvalue weighted by Crippen LogP contribution is -2.40. The molecule has 1 aromatic heterocycles. The molecule has 2 unspecified atom stereocenters. The molecule has 2 aliphatic rings. The van der Waals surface area contributed by atoms with Gasteiger partial charge in [-0.3, -0.25) is 14.7 Å². The smallest absolute Gasteiger partial charge is 0.219 e. The number of carbonyl (C=O) groups excluding carboxylic acids is 1. The van der Waals surface area contributed by atoms with Crippen molar-refractivity contribution in [3.8, 4) is 5.75 Å². The second-order valence-electron chi connectivity index (χ2n) is 8.44. The Morgan fingerprint density at radius 1 is 1.07 bits per heavy atom. The van der Waals surface area contributed by atoms with Crippen molar-refractivity contribution in [3.63, 3.8) is 0 Å². The van der Waals surface area contributed by atoms with Crippen LogP contribution >= 0.6 is 0 Å². The van der Waals surface area contributed by atoms with Gasteiger partial charge in [0.25, 0.3) is 0 Å². The van der Waals surface area contributed by atoms with Gasteiger partial charge in [0.1, 0.15) is 5.75 Å². The van der Waals surface area contributed by atoms with Crippen LogP contribution in [-0.2, 0) is 11.3 Å². The van der Waals surface area contributed by atoms with E-state index in [2.05, 4.69) is 22.0 Å². The number of nitrogens with zero attached hydrogens (tertiary/aromatic N) is 3. The van der Waals surface area contributed by atoms with Crippen molar-refractivity contribution < 1.29 is 9.53 Å². The summed E-state index contributed by atoms with van der Waals surface area (Å²) in [5.41, 5.74) is 1.31. The van der Waals surface area contributed by atoms with E-state index in [0.717, 1.165) is 57.9 Å². The fraction of sp³-hybridized carbons (Fsp3) is 0.500. The van der Waals surface area contributed by atoms with Crippen LogP contribution in [0, 0.1) is 17.8 Å². The van der Waals surface area contributed by atoms with Crippen LogP contribution in [0.5, 0.6) is 5.75 Å². The predicted molar refractivity (Wildman–Crippen MR) is 113 cm³/mol. The minimum atomic E-state index is 0.207. The maximum Gasteiger partial charge on any atom is 0.219 e. The van der Waals surface area contributed by atoms with Crippen LogP contribution in [0.1, 0.15) is 25.3 Å². The summed E-state index contributed by atoms with van der Waals surface area (Å²) < 4.78 is 6.17. The summed E-state index contributed by atoms with van der Waals surface area (Å²) in [5.74, 6) is 2.96. The standard InChI is InChI=1S/C24H31N3O2/c1-19(28)27-13-9-21(10-14-27)24-17-26(15-20-7-11-25-12-8-20)16-22(24)18-29-23-5-3-2-4-6-23/h2-8,11-12,21-22,24H,9-10,13-18H2,1H3. The van der Waals surface area contributed by atoms with Gasteiger partial charge in [-0.25, -0.2) is 0 Å². The molecule has 5 heteroatoms. The van der Waals surface area contributed by atoms with Crippen LogP contribution in [0.25, 0.3) is 0 Å². The van der Waals surface area contributed by atoms with E-state index >= 15 is 0 Å². The zero-order valence-electron chi connectivity index (χ0n) is 17.2. The van der Waals surface area contributed by atoms with Gasteiger partial charge in [-0.2, -0.15) is 0 Å². The molecular weight excluding hydrogens is 362 g/mol. The number of hydrogen-bond acceptors (Lipinski definition) is 4. The largest absolute Gasteiger partial charge is 0.493 e. The lowest BCUT2D eigenvalue weighted by molar-refractivity contribution is -0.130. The van der Waals surface area contributed by atoms with E-state index in [4.69, 9.17) is 4.74 Å². The third-order valence-corrected chi connectivity index (χ3v) is 6.52. The molecule has 2 fully saturated rings. The highest BCUT2D eigenvalue weighted by Gasteiger charge is 2.39. The third kappa shape index (κ3) is 5.15. The second kappa shape index (κ2) is 9.40. The lowest BCUT2D eigenvalue weighted by atomic mass is 9.78. The normalized spacial score (nSPS) is 23.3. The van der Waals surface area contributed by atoms with Gasteiger partial charge in [-0.15, -0.1) is 0 Å².